The Morgan fingerprint density at radius 2 is 1.92 bits per heavy atom. The maximum Gasteiger partial charge on any atom is 0.210 e. The molecule has 25 heavy (non-hydrogen) atoms. The maximum atomic E-state index is 5.38. The Hall–Kier alpha value is -2.69. The molecule has 5 heteroatoms. The zero-order chi connectivity index (χ0) is 16.4. The molecule has 5 nitrogen and oxygen atoms in total. The zero-order valence-corrected chi connectivity index (χ0v) is 13.9. The van der Waals surface area contributed by atoms with Gasteiger partial charge >= 0.3 is 0 Å². The molecular weight excluding hydrogens is 312 g/mol. The van der Waals surface area contributed by atoms with E-state index in [2.05, 4.69) is 45.0 Å². The summed E-state index contributed by atoms with van der Waals surface area (Å²) in [6.45, 7) is 1.68. The van der Waals surface area contributed by atoms with Gasteiger partial charge in [-0.05, 0) is 54.7 Å². The van der Waals surface area contributed by atoms with Gasteiger partial charge in [0.15, 0.2) is 0 Å². The fraction of sp³-hybridized carbons (Fsp3) is 0.350. The number of hydrazine groups is 1. The second-order valence-corrected chi connectivity index (χ2v) is 6.11. The summed E-state index contributed by atoms with van der Waals surface area (Å²) in [5, 5.41) is 5.34. The Labute approximate surface area is 149 Å². The van der Waals surface area contributed by atoms with Crippen LogP contribution in [0, 0.1) is 0 Å². The van der Waals surface area contributed by atoms with Gasteiger partial charge < -0.3 is 10.1 Å². The van der Waals surface area contributed by atoms with Gasteiger partial charge in [0, 0.05) is 12.6 Å². The van der Waals surface area contributed by atoms with Crippen LogP contribution in [0.2, 0.25) is 0 Å². The van der Waals surface area contributed by atoms with Gasteiger partial charge in [0.05, 0.1) is 25.0 Å². The van der Waals surface area contributed by atoms with Gasteiger partial charge in [-0.25, -0.2) is 0 Å². The molecule has 2 aliphatic rings. The van der Waals surface area contributed by atoms with E-state index in [-0.39, 0.29) is 7.43 Å². The van der Waals surface area contributed by atoms with Crippen molar-refractivity contribution in [2.45, 2.75) is 26.7 Å². The van der Waals surface area contributed by atoms with Crippen LogP contribution in [-0.4, -0.2) is 26.2 Å². The number of rotatable bonds is 4. The first-order chi connectivity index (χ1) is 11.8. The molecule has 1 aliphatic heterocycles. The normalized spacial score (nSPS) is 14.8. The smallest absolute Gasteiger partial charge is 0.210 e. The molecule has 2 aromatic rings. The Bertz CT molecular complexity index is 772. The molecule has 132 valence electrons. The van der Waals surface area contributed by atoms with E-state index >= 15 is 0 Å². The van der Waals surface area contributed by atoms with E-state index in [1.807, 2.05) is 18.2 Å². The molecule has 0 amide bonds. The number of anilines is 2. The summed E-state index contributed by atoms with van der Waals surface area (Å²) in [5.74, 6) is 1.64. The van der Waals surface area contributed by atoms with Gasteiger partial charge in [-0.15, -0.1) is 0 Å². The summed E-state index contributed by atoms with van der Waals surface area (Å²) in [6.07, 6.45) is 3.60. The van der Waals surface area contributed by atoms with Crippen LogP contribution < -0.4 is 20.5 Å². The lowest BCUT2D eigenvalue weighted by Crippen LogP contribution is -2.44. The molecule has 2 N–H and O–H groups in total. The molecule has 1 heterocycles. The number of ether oxygens (including phenoxy) is 1. The number of hydrogen-bond donors (Lipinski definition) is 2. The molecule has 0 unspecified atom stereocenters. The number of methoxy groups -OCH3 is 1. The number of nitrogens with zero attached hydrogens (tertiary/aromatic N) is 2. The largest absolute Gasteiger partial charge is 0.497 e. The predicted molar refractivity (Wildman–Crippen MR) is 104 cm³/mol. The lowest BCUT2D eigenvalue weighted by Gasteiger charge is -2.27. The van der Waals surface area contributed by atoms with E-state index in [4.69, 9.17) is 4.74 Å². The van der Waals surface area contributed by atoms with Crippen molar-refractivity contribution in [1.82, 2.24) is 10.7 Å². The van der Waals surface area contributed by atoms with Crippen LogP contribution in [0.5, 0.6) is 5.75 Å². The van der Waals surface area contributed by atoms with Crippen LogP contribution in [-0.2, 0) is 12.8 Å². The maximum absolute atomic E-state index is 5.38. The van der Waals surface area contributed by atoms with Crippen molar-refractivity contribution in [3.63, 3.8) is 0 Å². The van der Waals surface area contributed by atoms with Crippen molar-refractivity contribution in [2.75, 3.05) is 25.2 Å². The molecule has 0 fully saturated rings. The zero-order valence-electron chi connectivity index (χ0n) is 13.9. The van der Waals surface area contributed by atoms with Crippen LogP contribution in [0.3, 0.4) is 0 Å². The van der Waals surface area contributed by atoms with E-state index in [0.29, 0.717) is 0 Å². The highest BCUT2D eigenvalue weighted by Crippen LogP contribution is 2.31. The first-order valence-corrected chi connectivity index (χ1v) is 8.44. The third kappa shape index (κ3) is 3.55. The molecular formula is C20H26N4O. The molecule has 0 aromatic heterocycles. The van der Waals surface area contributed by atoms with Gasteiger partial charge in [-0.3, -0.25) is 15.4 Å². The van der Waals surface area contributed by atoms with Crippen molar-refractivity contribution < 1.29 is 4.74 Å². The van der Waals surface area contributed by atoms with E-state index < -0.39 is 0 Å². The highest BCUT2D eigenvalue weighted by Gasteiger charge is 2.17. The van der Waals surface area contributed by atoms with E-state index in [9.17, 15) is 0 Å². The standard InChI is InChI=1S/C19H22N4O.CH4/c1-24-18-7-3-6-16(13-18)23(22-19-20-10-11-21-19)17-9-8-14-4-2-5-15(14)12-17;/h3,6-9,12-13H,2,4-5,10-11H2,1H3,(H2,20,21,22);1H4. The molecule has 0 saturated heterocycles. The van der Waals surface area contributed by atoms with Gasteiger partial charge in [0.25, 0.3) is 0 Å². The minimum atomic E-state index is 0. The summed E-state index contributed by atoms with van der Waals surface area (Å²) in [4.78, 5) is 4.46. The fourth-order valence-corrected chi connectivity index (χ4v) is 3.30. The Kier molecular flexibility index (Phi) is 5.12. The van der Waals surface area contributed by atoms with E-state index in [0.717, 1.165) is 42.6 Å². The first-order valence-electron chi connectivity index (χ1n) is 8.44. The van der Waals surface area contributed by atoms with Crippen LogP contribution >= 0.6 is 0 Å². The van der Waals surface area contributed by atoms with Gasteiger partial charge in [-0.1, -0.05) is 19.6 Å². The van der Waals surface area contributed by atoms with Crippen LogP contribution in [0.25, 0.3) is 0 Å². The number of aryl methyl sites for hydroxylation is 2. The molecule has 0 atom stereocenters. The molecule has 0 saturated carbocycles. The monoisotopic (exact) mass is 338 g/mol. The van der Waals surface area contributed by atoms with E-state index in [1.54, 1.807) is 7.11 Å². The van der Waals surface area contributed by atoms with Crippen molar-refractivity contribution in [1.29, 1.82) is 0 Å². The second-order valence-electron chi connectivity index (χ2n) is 6.11. The average molecular weight is 338 g/mol. The molecule has 4 rings (SSSR count). The number of hydrogen-bond acceptors (Lipinski definition) is 5. The fourth-order valence-electron chi connectivity index (χ4n) is 3.30. The Morgan fingerprint density at radius 1 is 1.08 bits per heavy atom. The Morgan fingerprint density at radius 3 is 2.72 bits per heavy atom. The van der Waals surface area contributed by atoms with Crippen molar-refractivity contribution in [2.24, 2.45) is 4.99 Å². The molecule has 0 radical (unpaired) electrons. The quantitative estimate of drug-likeness (QED) is 0.839. The van der Waals surface area contributed by atoms with E-state index in [1.165, 1.54) is 24.0 Å². The van der Waals surface area contributed by atoms with Crippen molar-refractivity contribution >= 4 is 17.3 Å². The highest BCUT2D eigenvalue weighted by atomic mass is 16.5. The lowest BCUT2D eigenvalue weighted by molar-refractivity contribution is 0.415. The number of fused-ring (bicyclic) bond motifs is 1. The third-order valence-electron chi connectivity index (χ3n) is 4.54. The number of benzene rings is 2. The highest BCUT2D eigenvalue weighted by molar-refractivity contribution is 5.85. The summed E-state index contributed by atoms with van der Waals surface area (Å²) in [5.41, 5.74) is 8.46. The summed E-state index contributed by atoms with van der Waals surface area (Å²) >= 11 is 0. The minimum absolute atomic E-state index is 0. The van der Waals surface area contributed by atoms with Gasteiger partial charge in [0.2, 0.25) is 5.96 Å². The van der Waals surface area contributed by atoms with Crippen LogP contribution in [0.1, 0.15) is 25.0 Å². The molecule has 2 aromatic carbocycles. The molecule has 0 bridgehead atoms. The number of nitrogens with one attached hydrogen (secondary N) is 2. The predicted octanol–water partition coefficient (Wildman–Crippen LogP) is 3.42. The summed E-state index contributed by atoms with van der Waals surface area (Å²) < 4.78 is 5.38. The van der Waals surface area contributed by atoms with Crippen molar-refractivity contribution in [3.8, 4) is 5.75 Å². The summed E-state index contributed by atoms with van der Waals surface area (Å²) in [6, 6.07) is 14.7. The first kappa shape index (κ1) is 17.1. The van der Waals surface area contributed by atoms with Crippen LogP contribution in [0.4, 0.5) is 11.4 Å². The van der Waals surface area contributed by atoms with Gasteiger partial charge in [-0.2, -0.15) is 0 Å². The SMILES string of the molecule is C.COc1cccc(N(NC2=NCCN2)c2ccc3c(c2)CCC3)c1. The molecule has 1 aliphatic carbocycles. The minimum Gasteiger partial charge on any atom is -0.497 e. The lowest BCUT2D eigenvalue weighted by atomic mass is 10.1. The number of aliphatic imine (C=N–C) groups is 1. The summed E-state index contributed by atoms with van der Waals surface area (Å²) in [7, 11) is 1.69. The average Bonchev–Trinajstić information content (AvgIpc) is 3.30. The molecule has 0 spiro atoms. The Balaban J connectivity index is 0.00000182. The second kappa shape index (κ2) is 7.47. The topological polar surface area (TPSA) is 48.9 Å². The third-order valence-corrected chi connectivity index (χ3v) is 4.54. The van der Waals surface area contributed by atoms with Crippen molar-refractivity contribution in [3.05, 3.63) is 53.6 Å². The number of guanidine groups is 1. The van der Waals surface area contributed by atoms with Gasteiger partial charge in [0.1, 0.15) is 5.75 Å². The van der Waals surface area contributed by atoms with Crippen LogP contribution in [0.15, 0.2) is 47.5 Å².